The van der Waals surface area contributed by atoms with Gasteiger partial charge in [-0.2, -0.15) is 0 Å². The molecule has 1 rings (SSSR count). The lowest BCUT2D eigenvalue weighted by molar-refractivity contribution is -0.138. The van der Waals surface area contributed by atoms with Crippen molar-refractivity contribution >= 4 is 11.7 Å². The highest BCUT2D eigenvalue weighted by molar-refractivity contribution is 5.73. The summed E-state index contributed by atoms with van der Waals surface area (Å²) in [7, 11) is 0. The molecule has 0 aliphatic carbocycles. The molecule has 0 amide bonds. The Kier molecular flexibility index (Phi) is 3.03. The third-order valence-corrected chi connectivity index (χ3v) is 1.83. The molecule has 0 aliphatic heterocycles. The van der Waals surface area contributed by atoms with Crippen LogP contribution in [0.3, 0.4) is 0 Å². The predicted molar refractivity (Wildman–Crippen MR) is 50.1 cm³/mol. The van der Waals surface area contributed by atoms with E-state index in [2.05, 4.69) is 0 Å². The average molecular weight is 198 g/mol. The van der Waals surface area contributed by atoms with Crippen LogP contribution in [0.1, 0.15) is 5.56 Å². The van der Waals surface area contributed by atoms with Gasteiger partial charge in [0.05, 0.1) is 0 Å². The van der Waals surface area contributed by atoms with E-state index in [0.29, 0.717) is 5.69 Å². The first-order chi connectivity index (χ1) is 6.50. The molecule has 1 atom stereocenters. The van der Waals surface area contributed by atoms with E-state index in [9.17, 15) is 9.18 Å². The first-order valence-electron chi connectivity index (χ1n) is 4.03. The lowest BCUT2D eigenvalue weighted by Gasteiger charge is -2.07. The zero-order chi connectivity index (χ0) is 10.7. The van der Waals surface area contributed by atoms with Crippen LogP contribution >= 0.6 is 0 Å². The number of rotatable bonds is 3. The Balaban J connectivity index is 2.85. The molecule has 0 spiro atoms. The molecular weight excluding hydrogens is 187 g/mol. The average Bonchev–Trinajstić information content (AvgIpc) is 2.11. The molecule has 0 aliphatic rings. The number of nitrogens with two attached hydrogens (primary N) is 2. The van der Waals surface area contributed by atoms with Crippen LogP contribution in [0.2, 0.25) is 0 Å². The molecule has 1 unspecified atom stereocenters. The number of hydrogen-bond donors (Lipinski definition) is 3. The minimum Gasteiger partial charge on any atom is -0.480 e. The summed E-state index contributed by atoms with van der Waals surface area (Å²) in [6, 6.07) is 2.88. The Morgan fingerprint density at radius 1 is 1.57 bits per heavy atom. The largest absolute Gasteiger partial charge is 0.480 e. The van der Waals surface area contributed by atoms with E-state index < -0.39 is 17.8 Å². The van der Waals surface area contributed by atoms with Gasteiger partial charge in [-0.3, -0.25) is 4.79 Å². The number of carboxylic acids is 1. The first-order valence-corrected chi connectivity index (χ1v) is 4.03. The molecule has 5 heteroatoms. The molecule has 0 saturated heterocycles. The van der Waals surface area contributed by atoms with Crippen molar-refractivity contribution in [3.63, 3.8) is 0 Å². The van der Waals surface area contributed by atoms with E-state index in [1.54, 1.807) is 0 Å². The van der Waals surface area contributed by atoms with Crippen molar-refractivity contribution in [2.45, 2.75) is 12.5 Å². The lowest BCUT2D eigenvalue weighted by Crippen LogP contribution is -2.32. The number of halogens is 1. The van der Waals surface area contributed by atoms with Crippen LogP contribution in [0.25, 0.3) is 0 Å². The molecule has 76 valence electrons. The first kappa shape index (κ1) is 10.5. The van der Waals surface area contributed by atoms with Gasteiger partial charge < -0.3 is 16.6 Å². The zero-order valence-electron chi connectivity index (χ0n) is 7.40. The van der Waals surface area contributed by atoms with E-state index >= 15 is 0 Å². The van der Waals surface area contributed by atoms with Crippen molar-refractivity contribution in [3.8, 4) is 0 Å². The monoisotopic (exact) mass is 198 g/mol. The molecule has 1 aromatic carbocycles. The van der Waals surface area contributed by atoms with Gasteiger partial charge in [-0.05, 0) is 23.8 Å². The van der Waals surface area contributed by atoms with Crippen molar-refractivity contribution in [2.24, 2.45) is 5.73 Å². The normalized spacial score (nSPS) is 12.4. The number of carboxylic acid groups (broad SMARTS) is 1. The van der Waals surface area contributed by atoms with Crippen LogP contribution in [0.5, 0.6) is 0 Å². The SMILES string of the molecule is Nc1ccc(F)c(CC(N)C(=O)O)c1. The molecule has 0 aromatic heterocycles. The van der Waals surface area contributed by atoms with Crippen LogP contribution in [-0.2, 0) is 11.2 Å². The molecule has 14 heavy (non-hydrogen) atoms. The summed E-state index contributed by atoms with van der Waals surface area (Å²) in [5.41, 5.74) is 11.3. The van der Waals surface area contributed by atoms with Crippen molar-refractivity contribution in [2.75, 3.05) is 5.73 Å². The molecule has 0 fully saturated rings. The summed E-state index contributed by atoms with van der Waals surface area (Å²) in [5, 5.41) is 8.52. The van der Waals surface area contributed by atoms with Gasteiger partial charge in [0.25, 0.3) is 0 Å². The lowest BCUT2D eigenvalue weighted by atomic mass is 10.1. The number of carbonyl (C=O) groups is 1. The van der Waals surface area contributed by atoms with E-state index in [1.807, 2.05) is 0 Å². The maximum absolute atomic E-state index is 13.1. The summed E-state index contributed by atoms with van der Waals surface area (Å²) in [6.07, 6.45) is -0.0633. The second-order valence-electron chi connectivity index (χ2n) is 3.00. The van der Waals surface area contributed by atoms with Crippen molar-refractivity contribution in [1.29, 1.82) is 0 Å². The topological polar surface area (TPSA) is 89.3 Å². The third kappa shape index (κ3) is 2.43. The van der Waals surface area contributed by atoms with E-state index in [1.165, 1.54) is 18.2 Å². The fourth-order valence-electron chi connectivity index (χ4n) is 1.08. The van der Waals surface area contributed by atoms with Gasteiger partial charge in [0.15, 0.2) is 0 Å². The van der Waals surface area contributed by atoms with Crippen molar-refractivity contribution < 1.29 is 14.3 Å². The summed E-state index contributed by atoms with van der Waals surface area (Å²) in [5.74, 6) is -1.65. The molecule has 5 N–H and O–H groups in total. The van der Waals surface area contributed by atoms with E-state index in [4.69, 9.17) is 16.6 Å². The van der Waals surface area contributed by atoms with Crippen LogP contribution in [0.15, 0.2) is 18.2 Å². The quantitative estimate of drug-likeness (QED) is 0.612. The smallest absolute Gasteiger partial charge is 0.320 e. The van der Waals surface area contributed by atoms with Crippen LogP contribution in [-0.4, -0.2) is 17.1 Å². The second-order valence-corrected chi connectivity index (χ2v) is 3.00. The fourth-order valence-corrected chi connectivity index (χ4v) is 1.08. The number of hydrogen-bond acceptors (Lipinski definition) is 3. The Bertz CT molecular complexity index is 355. The fraction of sp³-hybridized carbons (Fsp3) is 0.222. The van der Waals surface area contributed by atoms with Crippen LogP contribution in [0, 0.1) is 5.82 Å². The predicted octanol–water partition coefficient (Wildman–Crippen LogP) is 0.362. The van der Waals surface area contributed by atoms with Gasteiger partial charge in [-0.15, -0.1) is 0 Å². The summed E-state index contributed by atoms with van der Waals surface area (Å²) in [6.45, 7) is 0. The maximum Gasteiger partial charge on any atom is 0.320 e. The van der Waals surface area contributed by atoms with E-state index in [-0.39, 0.29) is 12.0 Å². The Morgan fingerprint density at radius 2 is 2.21 bits per heavy atom. The highest BCUT2D eigenvalue weighted by Gasteiger charge is 2.14. The minimum atomic E-state index is -1.16. The van der Waals surface area contributed by atoms with Crippen LogP contribution in [0.4, 0.5) is 10.1 Å². The van der Waals surface area contributed by atoms with Gasteiger partial charge in [0, 0.05) is 12.1 Å². The molecule has 0 heterocycles. The standard InChI is InChI=1S/C9H11FN2O2/c10-7-2-1-6(11)3-5(7)4-8(12)9(13)14/h1-3,8H,4,11-12H2,(H,13,14). The highest BCUT2D eigenvalue weighted by atomic mass is 19.1. The van der Waals surface area contributed by atoms with Gasteiger partial charge in [-0.25, -0.2) is 4.39 Å². The molecule has 4 nitrogen and oxygen atoms in total. The maximum atomic E-state index is 13.1. The minimum absolute atomic E-state index is 0.0633. The van der Waals surface area contributed by atoms with Crippen molar-refractivity contribution in [1.82, 2.24) is 0 Å². The Labute approximate surface area is 80.3 Å². The molecule has 1 aromatic rings. The number of anilines is 1. The zero-order valence-corrected chi connectivity index (χ0v) is 7.40. The van der Waals surface area contributed by atoms with Gasteiger partial charge in [0.1, 0.15) is 11.9 Å². The van der Waals surface area contributed by atoms with Crippen molar-refractivity contribution in [3.05, 3.63) is 29.6 Å². The highest BCUT2D eigenvalue weighted by Crippen LogP contribution is 2.13. The van der Waals surface area contributed by atoms with Gasteiger partial charge in [0.2, 0.25) is 0 Å². The summed E-state index contributed by atoms with van der Waals surface area (Å²) in [4.78, 5) is 10.4. The molecule has 0 radical (unpaired) electrons. The van der Waals surface area contributed by atoms with Gasteiger partial charge in [-0.1, -0.05) is 0 Å². The Hall–Kier alpha value is -1.62. The number of nitrogen functional groups attached to an aromatic ring is 1. The molecular formula is C9H11FN2O2. The summed E-state index contributed by atoms with van der Waals surface area (Å²) >= 11 is 0. The second kappa shape index (κ2) is 4.06. The van der Waals surface area contributed by atoms with E-state index in [0.717, 1.165) is 0 Å². The Morgan fingerprint density at radius 3 is 2.79 bits per heavy atom. The summed E-state index contributed by atoms with van der Waals surface area (Å²) < 4.78 is 13.1. The van der Waals surface area contributed by atoms with Crippen LogP contribution < -0.4 is 11.5 Å². The number of benzene rings is 1. The molecule has 0 bridgehead atoms. The third-order valence-electron chi connectivity index (χ3n) is 1.83. The number of aliphatic carboxylic acids is 1. The van der Waals surface area contributed by atoms with Gasteiger partial charge >= 0.3 is 5.97 Å². The molecule has 0 saturated carbocycles.